The lowest BCUT2D eigenvalue weighted by Gasteiger charge is -2.01. The van der Waals surface area contributed by atoms with Crippen molar-refractivity contribution in [2.45, 2.75) is 20.8 Å². The molecule has 0 aliphatic carbocycles. The minimum absolute atomic E-state index is 0.331. The summed E-state index contributed by atoms with van der Waals surface area (Å²) >= 11 is 1.27. The van der Waals surface area contributed by atoms with Gasteiger partial charge in [-0.2, -0.15) is 0 Å². The minimum Gasteiger partial charge on any atom is -0.462 e. The van der Waals surface area contributed by atoms with Crippen LogP contribution in [-0.4, -0.2) is 22.5 Å². The van der Waals surface area contributed by atoms with Gasteiger partial charge in [0.1, 0.15) is 10.7 Å². The standard InChI is InChI=1S/C13H15N3O2S/c1-4-18-12(17)11-9(3)15-13(19-11)16-10-7-8(2)5-6-14-10/h5-7H,4H2,1-3H3,(H,14,15,16). The van der Waals surface area contributed by atoms with Crippen molar-refractivity contribution in [3.63, 3.8) is 0 Å². The number of carbonyl (C=O) groups excluding carboxylic acids is 1. The zero-order valence-corrected chi connectivity index (χ0v) is 11.9. The van der Waals surface area contributed by atoms with Crippen LogP contribution in [-0.2, 0) is 4.74 Å². The first-order valence-electron chi connectivity index (χ1n) is 5.94. The van der Waals surface area contributed by atoms with Crippen LogP contribution in [0.15, 0.2) is 18.3 Å². The molecule has 6 heteroatoms. The molecule has 5 nitrogen and oxygen atoms in total. The summed E-state index contributed by atoms with van der Waals surface area (Å²) in [5.41, 5.74) is 1.77. The maximum absolute atomic E-state index is 11.7. The van der Waals surface area contributed by atoms with E-state index in [2.05, 4.69) is 15.3 Å². The summed E-state index contributed by atoms with van der Waals surface area (Å²) in [6.45, 7) is 5.92. The molecule has 0 unspecified atom stereocenters. The molecule has 0 fully saturated rings. The van der Waals surface area contributed by atoms with E-state index in [4.69, 9.17) is 4.74 Å². The summed E-state index contributed by atoms with van der Waals surface area (Å²) in [6.07, 6.45) is 1.73. The van der Waals surface area contributed by atoms with Gasteiger partial charge in [-0.15, -0.1) is 0 Å². The van der Waals surface area contributed by atoms with Gasteiger partial charge in [-0.1, -0.05) is 11.3 Å². The number of hydrogen-bond donors (Lipinski definition) is 1. The molecule has 0 saturated carbocycles. The fourth-order valence-corrected chi connectivity index (χ4v) is 2.42. The Morgan fingerprint density at radius 3 is 2.95 bits per heavy atom. The number of nitrogens with one attached hydrogen (secondary N) is 1. The van der Waals surface area contributed by atoms with E-state index < -0.39 is 0 Å². The summed E-state index contributed by atoms with van der Waals surface area (Å²) in [7, 11) is 0. The van der Waals surface area contributed by atoms with Crippen molar-refractivity contribution >= 4 is 28.3 Å². The molecule has 100 valence electrons. The number of carbonyl (C=O) groups is 1. The van der Waals surface area contributed by atoms with Crippen LogP contribution < -0.4 is 5.32 Å². The number of ether oxygens (including phenoxy) is 1. The largest absolute Gasteiger partial charge is 0.462 e. The molecule has 2 aromatic heterocycles. The van der Waals surface area contributed by atoms with Crippen molar-refractivity contribution < 1.29 is 9.53 Å². The van der Waals surface area contributed by atoms with Crippen molar-refractivity contribution in [2.75, 3.05) is 11.9 Å². The summed E-state index contributed by atoms with van der Waals surface area (Å²) < 4.78 is 4.98. The van der Waals surface area contributed by atoms with Gasteiger partial charge in [0.25, 0.3) is 0 Å². The Bertz CT molecular complexity index is 595. The van der Waals surface area contributed by atoms with Crippen LogP contribution in [0.3, 0.4) is 0 Å². The number of pyridine rings is 1. The Labute approximate surface area is 115 Å². The maximum atomic E-state index is 11.7. The van der Waals surface area contributed by atoms with Gasteiger partial charge in [0.15, 0.2) is 5.13 Å². The van der Waals surface area contributed by atoms with E-state index in [1.807, 2.05) is 19.1 Å². The van der Waals surface area contributed by atoms with E-state index in [-0.39, 0.29) is 5.97 Å². The number of aryl methyl sites for hydroxylation is 2. The zero-order chi connectivity index (χ0) is 13.8. The molecule has 0 radical (unpaired) electrons. The first kappa shape index (κ1) is 13.5. The van der Waals surface area contributed by atoms with Crippen LogP contribution >= 0.6 is 11.3 Å². The van der Waals surface area contributed by atoms with Gasteiger partial charge in [-0.25, -0.2) is 14.8 Å². The number of anilines is 2. The third kappa shape index (κ3) is 3.29. The summed E-state index contributed by atoms with van der Waals surface area (Å²) in [4.78, 5) is 20.7. The van der Waals surface area contributed by atoms with Crippen LogP contribution in [0.5, 0.6) is 0 Å². The highest BCUT2D eigenvalue weighted by Gasteiger charge is 2.16. The second-order valence-electron chi connectivity index (χ2n) is 4.00. The van der Waals surface area contributed by atoms with E-state index in [1.54, 1.807) is 20.0 Å². The molecule has 0 aliphatic rings. The predicted molar refractivity (Wildman–Crippen MR) is 75.1 cm³/mol. The molecule has 2 aromatic rings. The fraction of sp³-hybridized carbons (Fsp3) is 0.308. The van der Waals surface area contributed by atoms with Crippen LogP contribution in [0, 0.1) is 13.8 Å². The molecule has 2 rings (SSSR count). The molecule has 0 saturated heterocycles. The lowest BCUT2D eigenvalue weighted by Crippen LogP contribution is -2.03. The van der Waals surface area contributed by atoms with Crippen LogP contribution in [0.4, 0.5) is 10.9 Å². The second-order valence-corrected chi connectivity index (χ2v) is 5.00. The normalized spacial score (nSPS) is 10.3. The molecule has 1 N–H and O–H groups in total. The highest BCUT2D eigenvalue weighted by atomic mass is 32.1. The van der Waals surface area contributed by atoms with Gasteiger partial charge in [0, 0.05) is 6.20 Å². The van der Waals surface area contributed by atoms with Crippen molar-refractivity contribution in [1.29, 1.82) is 0 Å². The third-order valence-electron chi connectivity index (χ3n) is 2.41. The Kier molecular flexibility index (Phi) is 4.11. The molecule has 19 heavy (non-hydrogen) atoms. The second kappa shape index (κ2) is 5.79. The number of rotatable bonds is 4. The van der Waals surface area contributed by atoms with Crippen molar-refractivity contribution in [3.05, 3.63) is 34.5 Å². The highest BCUT2D eigenvalue weighted by Crippen LogP contribution is 2.25. The summed E-state index contributed by atoms with van der Waals surface area (Å²) in [5, 5.41) is 3.73. The van der Waals surface area contributed by atoms with Crippen molar-refractivity contribution in [3.8, 4) is 0 Å². The van der Waals surface area contributed by atoms with Crippen molar-refractivity contribution in [1.82, 2.24) is 9.97 Å². The lowest BCUT2D eigenvalue weighted by atomic mass is 10.3. The monoisotopic (exact) mass is 277 g/mol. The molecule has 0 spiro atoms. The van der Waals surface area contributed by atoms with Gasteiger partial charge in [0.2, 0.25) is 0 Å². The Hall–Kier alpha value is -1.95. The first-order valence-corrected chi connectivity index (χ1v) is 6.76. The topological polar surface area (TPSA) is 64.1 Å². The number of aromatic nitrogens is 2. The number of thiazole rings is 1. The van der Waals surface area contributed by atoms with Crippen LogP contribution in [0.25, 0.3) is 0 Å². The number of hydrogen-bond acceptors (Lipinski definition) is 6. The van der Waals surface area contributed by atoms with E-state index in [9.17, 15) is 4.79 Å². The summed E-state index contributed by atoms with van der Waals surface area (Å²) in [6, 6.07) is 3.84. The number of nitrogens with zero attached hydrogens (tertiary/aromatic N) is 2. The van der Waals surface area contributed by atoms with E-state index in [0.717, 1.165) is 5.56 Å². The van der Waals surface area contributed by atoms with Gasteiger partial charge >= 0.3 is 5.97 Å². The van der Waals surface area contributed by atoms with Crippen LogP contribution in [0.2, 0.25) is 0 Å². The molecule has 0 aliphatic heterocycles. The van der Waals surface area contributed by atoms with Crippen molar-refractivity contribution in [2.24, 2.45) is 0 Å². The first-order chi connectivity index (χ1) is 9.10. The Morgan fingerprint density at radius 2 is 2.26 bits per heavy atom. The molecule has 0 atom stereocenters. The zero-order valence-electron chi connectivity index (χ0n) is 11.1. The third-order valence-corrected chi connectivity index (χ3v) is 3.46. The van der Waals surface area contributed by atoms with Gasteiger partial charge in [-0.05, 0) is 38.5 Å². The van der Waals surface area contributed by atoms with E-state index >= 15 is 0 Å². The Morgan fingerprint density at radius 1 is 1.47 bits per heavy atom. The highest BCUT2D eigenvalue weighted by molar-refractivity contribution is 7.17. The average Bonchev–Trinajstić information content (AvgIpc) is 2.70. The average molecular weight is 277 g/mol. The van der Waals surface area contributed by atoms with Gasteiger partial charge in [-0.3, -0.25) is 0 Å². The van der Waals surface area contributed by atoms with E-state index in [1.165, 1.54) is 11.3 Å². The van der Waals surface area contributed by atoms with E-state index in [0.29, 0.717) is 28.1 Å². The molecule has 2 heterocycles. The lowest BCUT2D eigenvalue weighted by molar-refractivity contribution is 0.0531. The quantitative estimate of drug-likeness (QED) is 0.870. The maximum Gasteiger partial charge on any atom is 0.350 e. The summed E-state index contributed by atoms with van der Waals surface area (Å²) in [5.74, 6) is 0.381. The smallest absolute Gasteiger partial charge is 0.350 e. The molecule has 0 bridgehead atoms. The fourth-order valence-electron chi connectivity index (χ4n) is 1.55. The van der Waals surface area contributed by atoms with Gasteiger partial charge in [0.05, 0.1) is 12.3 Å². The molecule has 0 amide bonds. The van der Waals surface area contributed by atoms with Crippen LogP contribution in [0.1, 0.15) is 27.9 Å². The Balaban J connectivity index is 2.18. The number of esters is 1. The predicted octanol–water partition coefficient (Wildman–Crippen LogP) is 3.08. The molecular weight excluding hydrogens is 262 g/mol. The SMILES string of the molecule is CCOC(=O)c1sc(Nc2cc(C)ccn2)nc1C. The molecule has 0 aromatic carbocycles. The minimum atomic E-state index is -0.331. The van der Waals surface area contributed by atoms with Gasteiger partial charge < -0.3 is 10.1 Å². The molecular formula is C13H15N3O2S.